The maximum Gasteiger partial charge on any atom is 0.419 e. The molecule has 0 N–H and O–H groups in total. The molecule has 2 aromatic rings. The molecule has 0 saturated carbocycles. The molecule has 7 heteroatoms. The molecule has 180 valence electrons. The minimum Gasteiger partial charge on any atom is -0.450 e. The van der Waals surface area contributed by atoms with Crippen molar-refractivity contribution in [3.05, 3.63) is 35.5 Å². The van der Waals surface area contributed by atoms with Crippen LogP contribution in [-0.2, 0) is 15.9 Å². The van der Waals surface area contributed by atoms with E-state index in [-0.39, 0.29) is 11.9 Å². The summed E-state index contributed by atoms with van der Waals surface area (Å²) in [5.74, 6) is -0.0611. The van der Waals surface area contributed by atoms with Crippen molar-refractivity contribution in [2.45, 2.75) is 78.2 Å². The van der Waals surface area contributed by atoms with Crippen molar-refractivity contribution in [3.63, 3.8) is 0 Å². The highest BCUT2D eigenvalue weighted by Crippen LogP contribution is 2.30. The molecule has 0 spiro atoms. The van der Waals surface area contributed by atoms with Crippen molar-refractivity contribution in [2.75, 3.05) is 19.7 Å². The fraction of sp³-hybridized carbons (Fsp3) is 0.577. The first-order valence-corrected chi connectivity index (χ1v) is 12.0. The van der Waals surface area contributed by atoms with Crippen LogP contribution in [0, 0.1) is 0 Å². The second-order valence-electron chi connectivity index (χ2n) is 9.54. The van der Waals surface area contributed by atoms with E-state index in [2.05, 4.69) is 0 Å². The van der Waals surface area contributed by atoms with Crippen LogP contribution in [0.1, 0.15) is 82.3 Å². The Morgan fingerprint density at radius 1 is 0.939 bits per heavy atom. The van der Waals surface area contributed by atoms with Gasteiger partial charge in [0, 0.05) is 24.9 Å². The van der Waals surface area contributed by atoms with Crippen molar-refractivity contribution in [1.82, 2.24) is 9.47 Å². The second kappa shape index (κ2) is 10.9. The number of aromatic nitrogens is 1. The highest BCUT2D eigenvalue weighted by atomic mass is 16.6. The number of nitrogens with zero attached hydrogens (tertiary/aromatic N) is 2. The highest BCUT2D eigenvalue weighted by molar-refractivity contribution is 6.07. The van der Waals surface area contributed by atoms with E-state index in [1.807, 2.05) is 45.0 Å². The number of amides is 1. The van der Waals surface area contributed by atoms with Crippen molar-refractivity contribution in [3.8, 4) is 0 Å². The Bertz CT molecular complexity index is 1000. The fourth-order valence-electron chi connectivity index (χ4n) is 4.34. The zero-order valence-corrected chi connectivity index (χ0v) is 20.3. The van der Waals surface area contributed by atoms with Crippen LogP contribution in [0.3, 0.4) is 0 Å². The summed E-state index contributed by atoms with van der Waals surface area (Å²) >= 11 is 0. The molecule has 33 heavy (non-hydrogen) atoms. The van der Waals surface area contributed by atoms with Crippen LogP contribution in [0.5, 0.6) is 0 Å². The number of benzene rings is 1. The molecule has 3 rings (SSSR count). The number of Topliss-reactive ketones (excluding diaryl/α,β-unsaturated/α-hetero) is 1. The predicted molar refractivity (Wildman–Crippen MR) is 128 cm³/mol. The van der Waals surface area contributed by atoms with E-state index in [9.17, 15) is 14.4 Å². The number of carbonyl (C=O) groups excluding carboxylic acids is 3. The summed E-state index contributed by atoms with van der Waals surface area (Å²) in [5.41, 5.74) is 1.13. The predicted octanol–water partition coefficient (Wildman–Crippen LogP) is 5.96. The Morgan fingerprint density at radius 2 is 1.64 bits per heavy atom. The average molecular weight is 457 g/mol. The van der Waals surface area contributed by atoms with E-state index in [0.29, 0.717) is 43.7 Å². The minimum atomic E-state index is -0.692. The summed E-state index contributed by atoms with van der Waals surface area (Å²) in [4.78, 5) is 41.0. The van der Waals surface area contributed by atoms with Gasteiger partial charge in [-0.2, -0.15) is 0 Å². The van der Waals surface area contributed by atoms with Gasteiger partial charge in [-0.1, -0.05) is 37.5 Å². The first-order valence-electron chi connectivity index (χ1n) is 12.0. The first kappa shape index (κ1) is 24.8. The number of fused-ring (bicyclic) bond motifs is 3. The molecule has 1 aromatic heterocycles. The molecule has 0 fully saturated rings. The third-order valence-electron chi connectivity index (χ3n) is 5.81. The number of ether oxygens (including phenoxy) is 2. The van der Waals surface area contributed by atoms with Gasteiger partial charge in [0.25, 0.3) is 0 Å². The molecule has 1 aliphatic heterocycles. The van der Waals surface area contributed by atoms with E-state index in [1.165, 1.54) is 4.57 Å². The van der Waals surface area contributed by atoms with Gasteiger partial charge in [-0.15, -0.1) is 0 Å². The lowest BCUT2D eigenvalue weighted by molar-refractivity contribution is 0.0534. The first-order chi connectivity index (χ1) is 15.7. The smallest absolute Gasteiger partial charge is 0.419 e. The van der Waals surface area contributed by atoms with E-state index >= 15 is 0 Å². The topological polar surface area (TPSA) is 77.8 Å². The van der Waals surface area contributed by atoms with Crippen molar-refractivity contribution >= 4 is 28.9 Å². The SMILES string of the molecule is CCOC(=O)N1CCCCCCCC(=O)c2c(c3ccccc3n2C(=O)OC(C)(C)C)CC1. The lowest BCUT2D eigenvalue weighted by Crippen LogP contribution is -2.34. The Labute approximate surface area is 196 Å². The molecular formula is C26H36N2O5. The van der Waals surface area contributed by atoms with E-state index in [0.717, 1.165) is 43.1 Å². The lowest BCUT2D eigenvalue weighted by Gasteiger charge is -2.22. The monoisotopic (exact) mass is 456 g/mol. The Balaban J connectivity index is 2.10. The van der Waals surface area contributed by atoms with E-state index in [4.69, 9.17) is 9.47 Å². The molecule has 1 aliphatic rings. The third kappa shape index (κ3) is 6.15. The molecule has 0 aliphatic carbocycles. The summed E-state index contributed by atoms with van der Waals surface area (Å²) in [5, 5.41) is 0.838. The second-order valence-corrected chi connectivity index (χ2v) is 9.54. The summed E-state index contributed by atoms with van der Waals surface area (Å²) in [6.07, 6.45) is 4.57. The summed E-state index contributed by atoms with van der Waals surface area (Å²) in [7, 11) is 0. The summed E-state index contributed by atoms with van der Waals surface area (Å²) < 4.78 is 12.4. The molecule has 1 amide bonds. The molecule has 1 aromatic carbocycles. The van der Waals surface area contributed by atoms with Crippen LogP contribution in [-0.4, -0.2) is 52.7 Å². The van der Waals surface area contributed by atoms with Gasteiger partial charge in [-0.25, -0.2) is 14.2 Å². The summed E-state index contributed by atoms with van der Waals surface area (Å²) in [6.45, 7) is 8.58. The number of rotatable bonds is 1. The molecule has 0 radical (unpaired) electrons. The standard InChI is InChI=1S/C26H36N2O5/c1-5-32-24(30)27-17-12-8-6-7-9-15-22(29)23-20(16-18-27)19-13-10-11-14-21(19)28(23)25(31)33-26(2,3)4/h10-11,13-14H,5-9,12,15-18H2,1-4H3. The van der Waals surface area contributed by atoms with Crippen LogP contribution in [0.15, 0.2) is 24.3 Å². The number of para-hydroxylation sites is 1. The van der Waals surface area contributed by atoms with Gasteiger partial charge in [0.1, 0.15) is 5.60 Å². The number of ketones is 1. The van der Waals surface area contributed by atoms with E-state index < -0.39 is 11.7 Å². The van der Waals surface area contributed by atoms with Crippen LogP contribution >= 0.6 is 0 Å². The van der Waals surface area contributed by atoms with Crippen LogP contribution in [0.4, 0.5) is 9.59 Å². The van der Waals surface area contributed by atoms with Crippen LogP contribution in [0.25, 0.3) is 10.9 Å². The fourth-order valence-corrected chi connectivity index (χ4v) is 4.34. The number of hydrogen-bond acceptors (Lipinski definition) is 5. The van der Waals surface area contributed by atoms with Gasteiger partial charge < -0.3 is 14.4 Å². The molecule has 0 saturated heterocycles. The van der Waals surface area contributed by atoms with Crippen molar-refractivity contribution < 1.29 is 23.9 Å². The van der Waals surface area contributed by atoms with Gasteiger partial charge in [-0.05, 0) is 58.6 Å². The quantitative estimate of drug-likeness (QED) is 0.529. The maximum atomic E-state index is 13.5. The summed E-state index contributed by atoms with van der Waals surface area (Å²) in [6, 6.07) is 7.52. The number of carbonyl (C=O) groups is 3. The Hall–Kier alpha value is -2.83. The van der Waals surface area contributed by atoms with E-state index in [1.54, 1.807) is 11.8 Å². The Morgan fingerprint density at radius 3 is 2.36 bits per heavy atom. The molecular weight excluding hydrogens is 420 g/mol. The lowest BCUT2D eigenvalue weighted by atomic mass is 10.0. The van der Waals surface area contributed by atoms with Crippen LogP contribution < -0.4 is 0 Å². The zero-order valence-electron chi connectivity index (χ0n) is 20.3. The zero-order chi connectivity index (χ0) is 24.0. The largest absolute Gasteiger partial charge is 0.450 e. The molecule has 0 bridgehead atoms. The van der Waals surface area contributed by atoms with Gasteiger partial charge >= 0.3 is 12.2 Å². The van der Waals surface area contributed by atoms with Gasteiger partial charge in [-0.3, -0.25) is 4.79 Å². The molecule has 0 unspecified atom stereocenters. The molecule has 2 heterocycles. The van der Waals surface area contributed by atoms with Crippen molar-refractivity contribution in [1.29, 1.82) is 0 Å². The normalized spacial score (nSPS) is 16.4. The molecule has 0 atom stereocenters. The van der Waals surface area contributed by atoms with Gasteiger partial charge in [0.15, 0.2) is 5.78 Å². The highest BCUT2D eigenvalue weighted by Gasteiger charge is 2.29. The third-order valence-corrected chi connectivity index (χ3v) is 5.81. The number of hydrogen-bond donors (Lipinski definition) is 0. The van der Waals surface area contributed by atoms with Crippen LogP contribution in [0.2, 0.25) is 0 Å². The minimum absolute atomic E-state index is 0.0611. The van der Waals surface area contributed by atoms with Gasteiger partial charge in [0.2, 0.25) is 0 Å². The molecule has 7 nitrogen and oxygen atoms in total. The van der Waals surface area contributed by atoms with Crippen molar-refractivity contribution in [2.24, 2.45) is 0 Å². The maximum absolute atomic E-state index is 13.5. The van der Waals surface area contributed by atoms with Gasteiger partial charge in [0.05, 0.1) is 17.8 Å². The Kier molecular flexibility index (Phi) is 8.16. The average Bonchev–Trinajstić information content (AvgIpc) is 3.08.